The van der Waals surface area contributed by atoms with Gasteiger partial charge in [-0.05, 0) is 42.0 Å². The van der Waals surface area contributed by atoms with Crippen LogP contribution in [-0.4, -0.2) is 55.8 Å². The van der Waals surface area contributed by atoms with Gasteiger partial charge in [0.25, 0.3) is 0 Å². The second kappa shape index (κ2) is 10.3. The van der Waals surface area contributed by atoms with E-state index in [2.05, 4.69) is 15.0 Å². The van der Waals surface area contributed by atoms with Crippen molar-refractivity contribution in [1.29, 1.82) is 0 Å². The molecular formula is C27H23F4N5O2S. The van der Waals surface area contributed by atoms with E-state index in [-0.39, 0.29) is 22.0 Å². The molecule has 4 aromatic rings. The number of nitrogens with zero attached hydrogens (tertiary/aromatic N) is 5. The summed E-state index contributed by atoms with van der Waals surface area (Å²) in [5.74, 6) is -0.998. The van der Waals surface area contributed by atoms with Gasteiger partial charge in [0, 0.05) is 44.2 Å². The number of halogens is 4. The minimum absolute atomic E-state index is 0.0190. The van der Waals surface area contributed by atoms with Crippen LogP contribution in [0.4, 0.5) is 29.2 Å². The van der Waals surface area contributed by atoms with Crippen molar-refractivity contribution < 1.29 is 26.0 Å². The maximum absolute atomic E-state index is 14.0. The lowest BCUT2D eigenvalue weighted by molar-refractivity contribution is -0.144. The Kier molecular flexibility index (Phi) is 6.98. The highest BCUT2D eigenvalue weighted by Gasteiger charge is 2.38. The fourth-order valence-electron chi connectivity index (χ4n) is 4.44. The van der Waals surface area contributed by atoms with E-state index in [0.717, 1.165) is 12.1 Å². The van der Waals surface area contributed by atoms with Crippen molar-refractivity contribution in [3.8, 4) is 22.4 Å². The van der Waals surface area contributed by atoms with Crippen LogP contribution in [0.5, 0.6) is 0 Å². The highest BCUT2D eigenvalue weighted by molar-refractivity contribution is 7.90. The fourth-order valence-corrected chi connectivity index (χ4v) is 5.07. The molecule has 1 aliphatic heterocycles. The second-order valence-electron chi connectivity index (χ2n) is 9.06. The van der Waals surface area contributed by atoms with Crippen molar-refractivity contribution >= 4 is 21.5 Å². The first-order chi connectivity index (χ1) is 18.5. The van der Waals surface area contributed by atoms with E-state index in [1.807, 2.05) is 17.0 Å². The molecule has 202 valence electrons. The molecule has 2 aromatic heterocycles. The van der Waals surface area contributed by atoms with E-state index < -0.39 is 27.7 Å². The Morgan fingerprint density at radius 3 is 1.97 bits per heavy atom. The molecule has 0 saturated carbocycles. The normalized spacial score (nSPS) is 14.5. The number of alkyl halides is 3. The average Bonchev–Trinajstić information content (AvgIpc) is 2.92. The lowest BCUT2D eigenvalue weighted by Crippen LogP contribution is -2.47. The zero-order valence-corrected chi connectivity index (χ0v) is 21.5. The first-order valence-electron chi connectivity index (χ1n) is 12.0. The van der Waals surface area contributed by atoms with Gasteiger partial charge in [0.05, 0.1) is 16.2 Å². The molecule has 1 aliphatic rings. The number of pyridine rings is 1. The molecule has 0 bridgehead atoms. The Morgan fingerprint density at radius 1 is 0.795 bits per heavy atom. The summed E-state index contributed by atoms with van der Waals surface area (Å²) in [4.78, 5) is 16.0. The van der Waals surface area contributed by atoms with Gasteiger partial charge in [0.1, 0.15) is 17.5 Å². The van der Waals surface area contributed by atoms with Crippen LogP contribution in [0.3, 0.4) is 0 Å². The molecular weight excluding hydrogens is 534 g/mol. The van der Waals surface area contributed by atoms with Gasteiger partial charge < -0.3 is 9.80 Å². The van der Waals surface area contributed by atoms with Gasteiger partial charge >= 0.3 is 6.18 Å². The summed E-state index contributed by atoms with van der Waals surface area (Å²) in [6.45, 7) is 1.68. The number of anilines is 2. The Hall–Kier alpha value is -4.06. The first kappa shape index (κ1) is 26.5. The van der Waals surface area contributed by atoms with Crippen LogP contribution in [0, 0.1) is 5.82 Å². The van der Waals surface area contributed by atoms with Crippen molar-refractivity contribution in [2.24, 2.45) is 0 Å². The molecule has 39 heavy (non-hydrogen) atoms. The summed E-state index contributed by atoms with van der Waals surface area (Å²) in [6, 6.07) is 16.3. The van der Waals surface area contributed by atoms with Crippen LogP contribution in [0.1, 0.15) is 5.82 Å². The van der Waals surface area contributed by atoms with Crippen molar-refractivity contribution in [1.82, 2.24) is 15.0 Å². The Balaban J connectivity index is 1.65. The molecule has 1 fully saturated rings. The highest BCUT2D eigenvalue weighted by Crippen LogP contribution is 2.41. The van der Waals surface area contributed by atoms with Crippen LogP contribution in [0.25, 0.3) is 22.4 Å². The van der Waals surface area contributed by atoms with Crippen LogP contribution in [-0.2, 0) is 16.0 Å². The molecule has 0 radical (unpaired) electrons. The quantitative estimate of drug-likeness (QED) is 0.316. The molecule has 0 aliphatic carbocycles. The number of aromatic nitrogens is 3. The summed E-state index contributed by atoms with van der Waals surface area (Å²) in [5, 5.41) is 0. The zero-order valence-electron chi connectivity index (χ0n) is 20.7. The van der Waals surface area contributed by atoms with E-state index in [1.54, 1.807) is 17.2 Å². The van der Waals surface area contributed by atoms with Gasteiger partial charge in [-0.2, -0.15) is 13.2 Å². The molecule has 2 aromatic carbocycles. The van der Waals surface area contributed by atoms with Crippen LogP contribution in [0.15, 0.2) is 77.8 Å². The van der Waals surface area contributed by atoms with E-state index in [9.17, 15) is 26.0 Å². The number of piperazine rings is 1. The third-order valence-corrected chi connectivity index (χ3v) is 7.51. The average molecular weight is 558 g/mol. The smallest absolute Gasteiger partial charge is 0.353 e. The van der Waals surface area contributed by atoms with E-state index in [0.29, 0.717) is 37.3 Å². The number of hydrogen-bond acceptors (Lipinski definition) is 7. The van der Waals surface area contributed by atoms with Crippen LogP contribution >= 0.6 is 0 Å². The summed E-state index contributed by atoms with van der Waals surface area (Å²) in [5.41, 5.74) is 0.949. The minimum atomic E-state index is -4.84. The Bertz CT molecular complexity index is 1570. The maximum Gasteiger partial charge on any atom is 0.451 e. The molecule has 5 rings (SSSR count). The van der Waals surface area contributed by atoms with E-state index in [1.165, 1.54) is 48.5 Å². The monoisotopic (exact) mass is 557 g/mol. The largest absolute Gasteiger partial charge is 0.451 e. The second-order valence-corrected chi connectivity index (χ2v) is 11.1. The summed E-state index contributed by atoms with van der Waals surface area (Å²) in [6.07, 6.45) is -2.12. The van der Waals surface area contributed by atoms with Crippen molar-refractivity contribution in [2.45, 2.75) is 11.1 Å². The molecule has 0 amide bonds. The molecule has 1 saturated heterocycles. The lowest BCUT2D eigenvalue weighted by Gasteiger charge is -2.37. The van der Waals surface area contributed by atoms with Crippen molar-refractivity contribution in [3.05, 3.63) is 84.6 Å². The van der Waals surface area contributed by atoms with Gasteiger partial charge in [0.2, 0.25) is 5.82 Å². The predicted molar refractivity (Wildman–Crippen MR) is 140 cm³/mol. The summed E-state index contributed by atoms with van der Waals surface area (Å²) in [7, 11) is -3.53. The Labute approximate surface area is 222 Å². The van der Waals surface area contributed by atoms with Crippen molar-refractivity contribution in [2.75, 3.05) is 42.2 Å². The third-order valence-electron chi connectivity index (χ3n) is 6.38. The number of sulfone groups is 1. The van der Waals surface area contributed by atoms with Gasteiger partial charge in [-0.1, -0.05) is 30.3 Å². The van der Waals surface area contributed by atoms with Crippen molar-refractivity contribution in [3.63, 3.8) is 0 Å². The highest BCUT2D eigenvalue weighted by atomic mass is 32.2. The molecule has 7 nitrogen and oxygen atoms in total. The Morgan fingerprint density at radius 2 is 1.41 bits per heavy atom. The van der Waals surface area contributed by atoms with E-state index in [4.69, 9.17) is 0 Å². The molecule has 0 N–H and O–H groups in total. The lowest BCUT2D eigenvalue weighted by atomic mass is 9.98. The standard InChI is InChI=1S/C27H23F4N5O2S/c1-39(37,38)21-11-7-19(8-12-21)24-23(18-5-9-20(28)10-6-18)25(34-26(33-24)27(29,30)31)36-16-14-35(15-17-36)22-4-2-3-13-32-22/h2-13H,14-17H2,1H3. The van der Waals surface area contributed by atoms with Gasteiger partial charge in [-0.25, -0.2) is 27.8 Å². The van der Waals surface area contributed by atoms with Crippen LogP contribution in [0.2, 0.25) is 0 Å². The maximum atomic E-state index is 14.0. The fraction of sp³-hybridized carbons (Fsp3) is 0.222. The third kappa shape index (κ3) is 5.70. The molecule has 0 unspecified atom stereocenters. The summed E-state index contributed by atoms with van der Waals surface area (Å²) >= 11 is 0. The van der Waals surface area contributed by atoms with Crippen LogP contribution < -0.4 is 9.80 Å². The zero-order chi connectivity index (χ0) is 27.8. The predicted octanol–water partition coefficient (Wildman–Crippen LogP) is 5.09. The van der Waals surface area contributed by atoms with Gasteiger partial charge in [-0.3, -0.25) is 0 Å². The number of rotatable bonds is 5. The van der Waals surface area contributed by atoms with E-state index >= 15 is 0 Å². The molecule has 0 spiro atoms. The summed E-state index contributed by atoms with van der Waals surface area (Å²) < 4.78 is 79.8. The molecule has 0 atom stereocenters. The number of hydrogen-bond donors (Lipinski definition) is 0. The molecule has 3 heterocycles. The SMILES string of the molecule is CS(=O)(=O)c1ccc(-c2nc(C(F)(F)F)nc(N3CCN(c4ccccn4)CC3)c2-c2ccc(F)cc2)cc1. The van der Waals surface area contributed by atoms with Gasteiger partial charge in [-0.15, -0.1) is 0 Å². The minimum Gasteiger partial charge on any atom is -0.353 e. The number of benzene rings is 2. The molecule has 12 heteroatoms. The topological polar surface area (TPSA) is 79.3 Å². The first-order valence-corrected chi connectivity index (χ1v) is 13.9. The van der Waals surface area contributed by atoms with Gasteiger partial charge in [0.15, 0.2) is 9.84 Å².